The molecule has 0 fully saturated rings. The molecule has 1 aromatic heterocycles. The zero-order chi connectivity index (χ0) is 14.4. The van der Waals surface area contributed by atoms with Crippen LogP contribution in [0.4, 0.5) is 5.82 Å². The van der Waals surface area contributed by atoms with E-state index >= 15 is 0 Å². The molecule has 0 radical (unpaired) electrons. The highest BCUT2D eigenvalue weighted by Gasteiger charge is 2.21. The number of nitrogens with two attached hydrogens (primary N) is 1. The number of esters is 1. The molecule has 0 saturated heterocycles. The van der Waals surface area contributed by atoms with E-state index in [2.05, 4.69) is 4.98 Å². The average molecular weight is 288 g/mol. The van der Waals surface area contributed by atoms with Gasteiger partial charge in [0, 0.05) is 16.8 Å². The third-order valence-corrected chi connectivity index (χ3v) is 3.94. The number of pyridine rings is 1. The number of nitrogen functional groups attached to an aromatic ring is 1. The second-order valence-electron chi connectivity index (χ2n) is 4.22. The topological polar surface area (TPSA) is 65.2 Å². The van der Waals surface area contributed by atoms with Crippen molar-refractivity contribution in [3.05, 3.63) is 54.2 Å². The number of hydrogen-bond acceptors (Lipinski definition) is 5. The predicted octanol–water partition coefficient (Wildman–Crippen LogP) is 2.71. The number of carbonyl (C=O) groups excluding carboxylic acids is 1. The van der Waals surface area contributed by atoms with Crippen LogP contribution in [0.15, 0.2) is 53.6 Å². The Labute approximate surface area is 122 Å². The van der Waals surface area contributed by atoms with Crippen LogP contribution in [-0.4, -0.2) is 23.8 Å². The summed E-state index contributed by atoms with van der Waals surface area (Å²) in [6.07, 6.45) is 1.71. The highest BCUT2D eigenvalue weighted by atomic mass is 32.2. The maximum absolute atomic E-state index is 11.9. The van der Waals surface area contributed by atoms with Crippen molar-refractivity contribution in [2.24, 2.45) is 0 Å². The molecular formula is C15H16N2O2S. The van der Waals surface area contributed by atoms with Gasteiger partial charge in [-0.3, -0.25) is 4.79 Å². The largest absolute Gasteiger partial charge is 0.469 e. The van der Waals surface area contributed by atoms with Gasteiger partial charge in [0.2, 0.25) is 0 Å². The van der Waals surface area contributed by atoms with Gasteiger partial charge in [-0.1, -0.05) is 30.3 Å². The molecule has 1 aromatic carbocycles. The van der Waals surface area contributed by atoms with Crippen LogP contribution in [0.1, 0.15) is 11.5 Å². The summed E-state index contributed by atoms with van der Waals surface area (Å²) in [4.78, 5) is 16.9. The number of anilines is 1. The maximum atomic E-state index is 11.9. The number of nitrogens with zero attached hydrogens (tertiary/aromatic N) is 1. The van der Waals surface area contributed by atoms with E-state index in [1.165, 1.54) is 7.11 Å². The second kappa shape index (κ2) is 6.96. The average Bonchev–Trinajstić information content (AvgIpc) is 2.50. The van der Waals surface area contributed by atoms with E-state index in [9.17, 15) is 4.79 Å². The summed E-state index contributed by atoms with van der Waals surface area (Å²) in [6, 6.07) is 13.3. The van der Waals surface area contributed by atoms with Gasteiger partial charge in [-0.15, -0.1) is 11.8 Å². The Bertz CT molecular complexity index is 558. The molecule has 2 aromatic rings. The number of rotatable bonds is 5. The van der Waals surface area contributed by atoms with Gasteiger partial charge in [0.15, 0.2) is 0 Å². The molecule has 1 unspecified atom stereocenters. The van der Waals surface area contributed by atoms with Gasteiger partial charge in [-0.25, -0.2) is 4.98 Å². The van der Waals surface area contributed by atoms with Crippen LogP contribution in [0.25, 0.3) is 0 Å². The number of aromatic nitrogens is 1. The van der Waals surface area contributed by atoms with Crippen LogP contribution < -0.4 is 5.73 Å². The Hall–Kier alpha value is -2.01. The van der Waals surface area contributed by atoms with E-state index in [0.717, 1.165) is 10.5 Å². The molecule has 1 heterocycles. The van der Waals surface area contributed by atoms with E-state index < -0.39 is 0 Å². The number of carbonyl (C=O) groups is 1. The highest BCUT2D eigenvalue weighted by molar-refractivity contribution is 7.99. The molecule has 0 bridgehead atoms. The molecule has 2 N–H and O–H groups in total. The number of benzene rings is 1. The van der Waals surface area contributed by atoms with Crippen LogP contribution in [0, 0.1) is 0 Å². The number of thioether (sulfide) groups is 1. The molecule has 5 heteroatoms. The van der Waals surface area contributed by atoms with Gasteiger partial charge in [0.05, 0.1) is 13.0 Å². The van der Waals surface area contributed by atoms with Crippen molar-refractivity contribution in [1.82, 2.24) is 4.98 Å². The number of hydrogen-bond donors (Lipinski definition) is 1. The lowest BCUT2D eigenvalue weighted by Crippen LogP contribution is -2.16. The monoisotopic (exact) mass is 288 g/mol. The molecule has 0 aliphatic rings. The molecule has 0 aliphatic carbocycles. The summed E-state index contributed by atoms with van der Waals surface area (Å²) in [5.41, 5.74) is 6.50. The van der Waals surface area contributed by atoms with Crippen LogP contribution in [0.2, 0.25) is 0 Å². The standard InChI is InChI=1S/C15H16N2O2S/c1-19-15(18)13(11-5-3-2-4-6-11)10-20-12-7-8-14(16)17-9-12/h2-9,13H,10H2,1H3,(H2,16,17). The first-order chi connectivity index (χ1) is 9.70. The number of methoxy groups -OCH3 is 1. The van der Waals surface area contributed by atoms with E-state index in [4.69, 9.17) is 10.5 Å². The van der Waals surface area contributed by atoms with Crippen LogP contribution in [-0.2, 0) is 9.53 Å². The van der Waals surface area contributed by atoms with Gasteiger partial charge in [0.25, 0.3) is 0 Å². The van der Waals surface area contributed by atoms with Crippen molar-refractivity contribution in [3.63, 3.8) is 0 Å². The fourth-order valence-corrected chi connectivity index (χ4v) is 2.76. The normalized spacial score (nSPS) is 11.8. The highest BCUT2D eigenvalue weighted by Crippen LogP contribution is 2.27. The summed E-state index contributed by atoms with van der Waals surface area (Å²) < 4.78 is 4.89. The number of ether oxygens (including phenoxy) is 1. The van der Waals surface area contributed by atoms with Crippen molar-refractivity contribution in [3.8, 4) is 0 Å². The van der Waals surface area contributed by atoms with Crippen LogP contribution in [0.3, 0.4) is 0 Å². The first kappa shape index (κ1) is 14.4. The molecule has 1 atom stereocenters. The lowest BCUT2D eigenvalue weighted by molar-refractivity contribution is -0.141. The van der Waals surface area contributed by atoms with Gasteiger partial charge < -0.3 is 10.5 Å². The molecule has 0 amide bonds. The van der Waals surface area contributed by atoms with E-state index in [1.54, 1.807) is 24.0 Å². The van der Waals surface area contributed by atoms with Crippen molar-refractivity contribution in [2.45, 2.75) is 10.8 Å². The maximum Gasteiger partial charge on any atom is 0.313 e. The van der Waals surface area contributed by atoms with Crippen LogP contribution in [0.5, 0.6) is 0 Å². The summed E-state index contributed by atoms with van der Waals surface area (Å²) in [5.74, 6) is 0.570. The Morgan fingerprint density at radius 1 is 1.30 bits per heavy atom. The van der Waals surface area contributed by atoms with Crippen molar-refractivity contribution < 1.29 is 9.53 Å². The lowest BCUT2D eigenvalue weighted by atomic mass is 10.0. The molecule has 0 saturated carbocycles. The van der Waals surface area contributed by atoms with Gasteiger partial charge in [0.1, 0.15) is 5.82 Å². The summed E-state index contributed by atoms with van der Waals surface area (Å²) in [7, 11) is 1.41. The van der Waals surface area contributed by atoms with Crippen LogP contribution >= 0.6 is 11.8 Å². The minimum absolute atomic E-state index is 0.230. The first-order valence-electron chi connectivity index (χ1n) is 6.18. The van der Waals surface area contributed by atoms with Crippen molar-refractivity contribution >= 4 is 23.5 Å². The zero-order valence-corrected chi connectivity index (χ0v) is 12.0. The van der Waals surface area contributed by atoms with Crippen molar-refractivity contribution in [1.29, 1.82) is 0 Å². The van der Waals surface area contributed by atoms with E-state index in [1.807, 2.05) is 36.4 Å². The quantitative estimate of drug-likeness (QED) is 0.677. The fraction of sp³-hybridized carbons (Fsp3) is 0.200. The van der Waals surface area contributed by atoms with Gasteiger partial charge in [-0.05, 0) is 17.7 Å². The molecule has 0 aliphatic heterocycles. The second-order valence-corrected chi connectivity index (χ2v) is 5.31. The molecule has 0 spiro atoms. The predicted molar refractivity (Wildman–Crippen MR) is 80.6 cm³/mol. The Balaban J connectivity index is 2.09. The third-order valence-electron chi connectivity index (χ3n) is 2.86. The molecule has 4 nitrogen and oxygen atoms in total. The molecule has 104 valence electrons. The Morgan fingerprint density at radius 3 is 2.65 bits per heavy atom. The Kier molecular flexibility index (Phi) is 5.01. The summed E-state index contributed by atoms with van der Waals surface area (Å²) >= 11 is 1.56. The molecule has 2 rings (SSSR count). The third kappa shape index (κ3) is 3.74. The summed E-state index contributed by atoms with van der Waals surface area (Å²) in [5, 5.41) is 0. The lowest BCUT2D eigenvalue weighted by Gasteiger charge is -2.14. The minimum atomic E-state index is -0.288. The van der Waals surface area contributed by atoms with E-state index in [0.29, 0.717) is 11.6 Å². The fourth-order valence-electron chi connectivity index (χ4n) is 1.78. The minimum Gasteiger partial charge on any atom is -0.469 e. The summed E-state index contributed by atoms with van der Waals surface area (Å²) in [6.45, 7) is 0. The van der Waals surface area contributed by atoms with Crippen molar-refractivity contribution in [2.75, 3.05) is 18.6 Å². The van der Waals surface area contributed by atoms with E-state index in [-0.39, 0.29) is 11.9 Å². The SMILES string of the molecule is COC(=O)C(CSc1ccc(N)nc1)c1ccccc1. The Morgan fingerprint density at radius 2 is 2.05 bits per heavy atom. The molecule has 20 heavy (non-hydrogen) atoms. The zero-order valence-electron chi connectivity index (χ0n) is 11.2. The smallest absolute Gasteiger partial charge is 0.313 e. The van der Waals surface area contributed by atoms with Gasteiger partial charge >= 0.3 is 5.97 Å². The first-order valence-corrected chi connectivity index (χ1v) is 7.16. The molecular weight excluding hydrogens is 272 g/mol. The van der Waals surface area contributed by atoms with Gasteiger partial charge in [-0.2, -0.15) is 0 Å².